The molecule has 0 saturated carbocycles. The number of Topliss-reactive ketones (excluding diaryl/α,β-unsaturated/α-hetero) is 1. The maximum atomic E-state index is 13.5. The van der Waals surface area contributed by atoms with E-state index in [1.807, 2.05) is 12.1 Å². The van der Waals surface area contributed by atoms with E-state index in [0.717, 1.165) is 12.8 Å². The van der Waals surface area contributed by atoms with Crippen LogP contribution in [-0.2, 0) is 0 Å². The Kier molecular flexibility index (Phi) is 6.59. The van der Waals surface area contributed by atoms with Gasteiger partial charge in [0.05, 0.1) is 17.1 Å². The third-order valence-electron chi connectivity index (χ3n) is 5.04. The molecule has 3 aromatic carbocycles. The van der Waals surface area contributed by atoms with E-state index < -0.39 is 4.92 Å². The van der Waals surface area contributed by atoms with Gasteiger partial charge >= 0.3 is 0 Å². The molecule has 0 unspecified atom stereocenters. The number of ether oxygens (including phenoxy) is 1. The van der Waals surface area contributed by atoms with Crippen molar-refractivity contribution in [3.8, 4) is 5.75 Å². The zero-order valence-electron chi connectivity index (χ0n) is 18.1. The second-order valence-corrected chi connectivity index (χ2v) is 7.45. The van der Waals surface area contributed by atoms with Gasteiger partial charge in [-0.3, -0.25) is 14.9 Å². The van der Waals surface area contributed by atoms with Crippen molar-refractivity contribution in [1.29, 1.82) is 0 Å². The van der Waals surface area contributed by atoms with Gasteiger partial charge in [-0.05, 0) is 54.5 Å². The first-order valence-corrected chi connectivity index (χ1v) is 10.6. The average molecular weight is 442 g/mol. The van der Waals surface area contributed by atoms with Gasteiger partial charge in [-0.25, -0.2) is 4.98 Å². The standard InChI is InChI=1S/C26H22N2O5/c1-2-3-15-32-21-13-11-19(12-14-21)25(29)22(17-18-7-6-8-20(16-18)28(30)31)26-27-23-9-4-5-10-24(23)33-26/h4-14,16-17H,2-3,15H2,1H3/b22-17+. The van der Waals surface area contributed by atoms with Crippen LogP contribution >= 0.6 is 0 Å². The van der Waals surface area contributed by atoms with Crippen LogP contribution in [0.3, 0.4) is 0 Å². The number of hydrogen-bond donors (Lipinski definition) is 0. The quantitative estimate of drug-likeness (QED) is 0.0987. The maximum absolute atomic E-state index is 13.5. The number of non-ortho nitro benzene ring substituents is 1. The van der Waals surface area contributed by atoms with Gasteiger partial charge in [0.25, 0.3) is 5.69 Å². The molecule has 7 heteroatoms. The number of benzene rings is 3. The van der Waals surface area contributed by atoms with Crippen molar-refractivity contribution >= 4 is 34.2 Å². The van der Waals surface area contributed by atoms with E-state index in [4.69, 9.17) is 9.15 Å². The first-order chi connectivity index (χ1) is 16.0. The van der Waals surface area contributed by atoms with Crippen molar-refractivity contribution in [3.05, 3.63) is 99.9 Å². The van der Waals surface area contributed by atoms with Crippen molar-refractivity contribution < 1.29 is 18.9 Å². The largest absolute Gasteiger partial charge is 0.494 e. The van der Waals surface area contributed by atoms with Gasteiger partial charge in [0.2, 0.25) is 5.89 Å². The molecule has 166 valence electrons. The van der Waals surface area contributed by atoms with Crippen molar-refractivity contribution in [2.75, 3.05) is 6.61 Å². The van der Waals surface area contributed by atoms with E-state index >= 15 is 0 Å². The molecule has 0 saturated heterocycles. The molecule has 0 aliphatic heterocycles. The molecular weight excluding hydrogens is 420 g/mol. The molecule has 0 aliphatic carbocycles. The summed E-state index contributed by atoms with van der Waals surface area (Å²) in [5, 5.41) is 11.2. The number of ketones is 1. The molecule has 33 heavy (non-hydrogen) atoms. The number of nitro benzene ring substituents is 1. The molecule has 1 heterocycles. The smallest absolute Gasteiger partial charge is 0.270 e. The second kappa shape index (κ2) is 9.91. The Bertz CT molecular complexity index is 1290. The normalized spacial score (nSPS) is 11.5. The van der Waals surface area contributed by atoms with E-state index in [2.05, 4.69) is 11.9 Å². The Labute approximate surface area is 190 Å². The zero-order chi connectivity index (χ0) is 23.2. The van der Waals surface area contributed by atoms with Crippen LogP contribution < -0.4 is 4.74 Å². The molecule has 4 rings (SSSR count). The van der Waals surface area contributed by atoms with Gasteiger partial charge in [0.1, 0.15) is 11.3 Å². The summed E-state index contributed by atoms with van der Waals surface area (Å²) < 4.78 is 11.5. The summed E-state index contributed by atoms with van der Waals surface area (Å²) in [4.78, 5) is 28.6. The van der Waals surface area contributed by atoms with Crippen LogP contribution in [-0.4, -0.2) is 22.3 Å². The molecule has 0 radical (unpaired) electrons. The summed E-state index contributed by atoms with van der Waals surface area (Å²) in [7, 11) is 0. The lowest BCUT2D eigenvalue weighted by atomic mass is 10.0. The highest BCUT2D eigenvalue weighted by Gasteiger charge is 2.21. The lowest BCUT2D eigenvalue weighted by molar-refractivity contribution is -0.384. The Hall–Kier alpha value is -4.26. The number of hydrogen-bond acceptors (Lipinski definition) is 6. The van der Waals surface area contributed by atoms with Gasteiger partial charge < -0.3 is 9.15 Å². The topological polar surface area (TPSA) is 95.5 Å². The number of para-hydroxylation sites is 2. The number of allylic oxidation sites excluding steroid dienone is 1. The average Bonchev–Trinajstić information content (AvgIpc) is 3.27. The van der Waals surface area contributed by atoms with Crippen molar-refractivity contribution in [1.82, 2.24) is 4.98 Å². The highest BCUT2D eigenvalue weighted by Crippen LogP contribution is 2.28. The summed E-state index contributed by atoms with van der Waals surface area (Å²) in [6.07, 6.45) is 3.55. The van der Waals surface area contributed by atoms with Gasteiger partial charge in [0.15, 0.2) is 11.4 Å². The number of rotatable bonds is 9. The Morgan fingerprint density at radius 2 is 1.88 bits per heavy atom. The molecule has 0 fully saturated rings. The zero-order valence-corrected chi connectivity index (χ0v) is 18.1. The number of carbonyl (C=O) groups is 1. The van der Waals surface area contributed by atoms with Crippen LogP contribution in [0.15, 0.2) is 77.2 Å². The number of fused-ring (bicyclic) bond motifs is 1. The first-order valence-electron chi connectivity index (χ1n) is 10.6. The predicted octanol–water partition coefficient (Wildman–Crippen LogP) is 6.34. The number of unbranched alkanes of at least 4 members (excludes halogenated alkanes) is 1. The van der Waals surface area contributed by atoms with Crippen molar-refractivity contribution in [3.63, 3.8) is 0 Å². The summed E-state index contributed by atoms with van der Waals surface area (Å²) in [6.45, 7) is 2.71. The molecule has 0 N–H and O–H groups in total. The molecule has 0 amide bonds. The molecule has 7 nitrogen and oxygen atoms in total. The van der Waals surface area contributed by atoms with Crippen LogP contribution in [0, 0.1) is 10.1 Å². The number of nitrogens with zero attached hydrogens (tertiary/aromatic N) is 2. The summed E-state index contributed by atoms with van der Waals surface area (Å²) in [6, 6.07) is 20.1. The highest BCUT2D eigenvalue weighted by atomic mass is 16.6. The number of carbonyl (C=O) groups excluding carboxylic acids is 1. The third-order valence-corrected chi connectivity index (χ3v) is 5.04. The van der Waals surface area contributed by atoms with E-state index in [1.165, 1.54) is 12.1 Å². The monoisotopic (exact) mass is 442 g/mol. The van der Waals surface area contributed by atoms with Gasteiger partial charge in [-0.1, -0.05) is 37.6 Å². The maximum Gasteiger partial charge on any atom is 0.270 e. The van der Waals surface area contributed by atoms with Crippen molar-refractivity contribution in [2.24, 2.45) is 0 Å². The fraction of sp³-hybridized carbons (Fsp3) is 0.154. The summed E-state index contributed by atoms with van der Waals surface area (Å²) in [5.41, 5.74) is 2.22. The van der Waals surface area contributed by atoms with Gasteiger partial charge in [0, 0.05) is 17.7 Å². The highest BCUT2D eigenvalue weighted by molar-refractivity contribution is 6.31. The number of oxazole rings is 1. The number of nitro groups is 1. The van der Waals surface area contributed by atoms with Crippen LogP contribution in [0.1, 0.15) is 41.6 Å². The number of aromatic nitrogens is 1. The second-order valence-electron chi connectivity index (χ2n) is 7.45. The Morgan fingerprint density at radius 1 is 1.09 bits per heavy atom. The van der Waals surface area contributed by atoms with Gasteiger partial charge in [-0.15, -0.1) is 0 Å². The Balaban J connectivity index is 1.73. The van der Waals surface area contributed by atoms with Crippen LogP contribution in [0.25, 0.3) is 22.7 Å². The van der Waals surface area contributed by atoms with Crippen LogP contribution in [0.4, 0.5) is 5.69 Å². The molecule has 0 bridgehead atoms. The van der Waals surface area contributed by atoms with Crippen molar-refractivity contribution in [2.45, 2.75) is 19.8 Å². The van der Waals surface area contributed by atoms with E-state index in [9.17, 15) is 14.9 Å². The lowest BCUT2D eigenvalue weighted by Crippen LogP contribution is -2.04. The molecule has 0 spiro atoms. The fourth-order valence-corrected chi connectivity index (χ4v) is 3.30. The van der Waals surface area contributed by atoms with Crippen LogP contribution in [0.2, 0.25) is 0 Å². The minimum absolute atomic E-state index is 0.0679. The Morgan fingerprint density at radius 3 is 2.61 bits per heavy atom. The fourth-order valence-electron chi connectivity index (χ4n) is 3.30. The molecule has 0 atom stereocenters. The van der Waals surface area contributed by atoms with E-state index in [1.54, 1.807) is 54.6 Å². The molecule has 0 aliphatic rings. The minimum Gasteiger partial charge on any atom is -0.494 e. The summed E-state index contributed by atoms with van der Waals surface area (Å²) >= 11 is 0. The van der Waals surface area contributed by atoms with Crippen LogP contribution in [0.5, 0.6) is 5.75 Å². The molecular formula is C26H22N2O5. The van der Waals surface area contributed by atoms with E-state index in [-0.39, 0.29) is 22.9 Å². The third kappa shape index (κ3) is 5.15. The predicted molar refractivity (Wildman–Crippen MR) is 126 cm³/mol. The summed E-state index contributed by atoms with van der Waals surface area (Å²) in [5.74, 6) is 0.523. The first kappa shape index (κ1) is 22.0. The minimum atomic E-state index is -0.477. The molecule has 1 aromatic heterocycles. The van der Waals surface area contributed by atoms with Gasteiger partial charge in [-0.2, -0.15) is 0 Å². The lowest BCUT2D eigenvalue weighted by Gasteiger charge is -2.07. The SMILES string of the molecule is CCCCOc1ccc(C(=O)/C(=C\c2cccc([N+](=O)[O-])c2)c2nc3ccccc3o2)cc1. The molecule has 4 aromatic rings. The van der Waals surface area contributed by atoms with E-state index in [0.29, 0.717) is 34.6 Å².